The zero-order valence-electron chi connectivity index (χ0n) is 9.74. The molecule has 0 saturated carbocycles. The van der Waals surface area contributed by atoms with E-state index in [1.165, 1.54) is 6.20 Å². The Labute approximate surface area is 106 Å². The first-order chi connectivity index (χ1) is 8.79. The number of nitrogens with one attached hydrogen (secondary N) is 1. The van der Waals surface area contributed by atoms with Gasteiger partial charge in [0.25, 0.3) is 0 Å². The number of aliphatic hydroxyl groups is 1. The smallest absolute Gasteiger partial charge is 0.126 e. The first kappa shape index (κ1) is 12.1. The normalized spacial score (nSPS) is 11.6. The van der Waals surface area contributed by atoms with E-state index in [0.29, 0.717) is 17.9 Å². The second kappa shape index (κ2) is 5.80. The van der Waals surface area contributed by atoms with Gasteiger partial charge >= 0.3 is 0 Å². The Hall–Kier alpha value is -2.38. The summed E-state index contributed by atoms with van der Waals surface area (Å²) in [5, 5.41) is 21.6. The van der Waals surface area contributed by atoms with Crippen molar-refractivity contribution in [2.45, 2.75) is 6.10 Å². The summed E-state index contributed by atoms with van der Waals surface area (Å²) < 4.78 is 0. The summed E-state index contributed by atoms with van der Waals surface area (Å²) in [5.41, 5.74) is 1.38. The number of hydrogen-bond acceptors (Lipinski definition) is 4. The second-order valence-electron chi connectivity index (χ2n) is 3.85. The summed E-state index contributed by atoms with van der Waals surface area (Å²) in [6, 6.07) is 14.8. The molecule has 0 aliphatic carbocycles. The lowest BCUT2D eigenvalue weighted by atomic mass is 10.1. The number of aromatic nitrogens is 1. The van der Waals surface area contributed by atoms with Crippen molar-refractivity contribution in [2.75, 3.05) is 11.9 Å². The van der Waals surface area contributed by atoms with Crippen LogP contribution in [0.1, 0.15) is 17.2 Å². The second-order valence-corrected chi connectivity index (χ2v) is 3.85. The highest BCUT2D eigenvalue weighted by molar-refractivity contribution is 5.39. The van der Waals surface area contributed by atoms with Crippen LogP contribution in [0, 0.1) is 11.3 Å². The maximum absolute atomic E-state index is 9.94. The highest BCUT2D eigenvalue weighted by Gasteiger charge is 2.06. The van der Waals surface area contributed by atoms with E-state index in [2.05, 4.69) is 10.3 Å². The van der Waals surface area contributed by atoms with E-state index in [9.17, 15) is 5.11 Å². The molecule has 18 heavy (non-hydrogen) atoms. The van der Waals surface area contributed by atoms with Gasteiger partial charge in [0.05, 0.1) is 11.7 Å². The lowest BCUT2D eigenvalue weighted by Gasteiger charge is -2.12. The highest BCUT2D eigenvalue weighted by atomic mass is 16.3. The van der Waals surface area contributed by atoms with Crippen molar-refractivity contribution in [1.29, 1.82) is 5.26 Å². The van der Waals surface area contributed by atoms with Crippen molar-refractivity contribution in [2.24, 2.45) is 0 Å². The molecule has 0 aliphatic heterocycles. The monoisotopic (exact) mass is 239 g/mol. The quantitative estimate of drug-likeness (QED) is 0.857. The standard InChI is InChI=1S/C14H13N3O/c15-8-11-6-7-14(16-9-11)17-10-13(18)12-4-2-1-3-5-12/h1-7,9,13,18H,10H2,(H,16,17). The molecule has 2 N–H and O–H groups in total. The van der Waals surface area contributed by atoms with E-state index < -0.39 is 6.10 Å². The third-order valence-electron chi connectivity index (χ3n) is 2.55. The van der Waals surface area contributed by atoms with Crippen LogP contribution >= 0.6 is 0 Å². The van der Waals surface area contributed by atoms with Gasteiger partial charge in [0, 0.05) is 12.7 Å². The van der Waals surface area contributed by atoms with Gasteiger partial charge in [0.15, 0.2) is 0 Å². The van der Waals surface area contributed by atoms with Crippen molar-refractivity contribution in [3.8, 4) is 6.07 Å². The Kier molecular flexibility index (Phi) is 3.90. The molecule has 0 radical (unpaired) electrons. The van der Waals surface area contributed by atoms with Gasteiger partial charge in [-0.1, -0.05) is 30.3 Å². The number of nitrogens with zero attached hydrogens (tertiary/aromatic N) is 2. The summed E-state index contributed by atoms with van der Waals surface area (Å²) in [7, 11) is 0. The fourth-order valence-electron chi connectivity index (χ4n) is 1.56. The predicted molar refractivity (Wildman–Crippen MR) is 68.8 cm³/mol. The Morgan fingerprint density at radius 1 is 1.22 bits per heavy atom. The van der Waals surface area contributed by atoms with E-state index in [4.69, 9.17) is 5.26 Å². The molecule has 1 aromatic heterocycles. The number of hydrogen-bond donors (Lipinski definition) is 2. The number of benzene rings is 1. The highest BCUT2D eigenvalue weighted by Crippen LogP contribution is 2.13. The van der Waals surface area contributed by atoms with E-state index in [1.807, 2.05) is 36.4 Å². The van der Waals surface area contributed by atoms with Crippen molar-refractivity contribution < 1.29 is 5.11 Å². The Morgan fingerprint density at radius 2 is 2.00 bits per heavy atom. The molecule has 90 valence electrons. The van der Waals surface area contributed by atoms with Crippen molar-refractivity contribution >= 4 is 5.82 Å². The topological polar surface area (TPSA) is 68.9 Å². The van der Waals surface area contributed by atoms with Gasteiger partial charge in [0.2, 0.25) is 0 Å². The van der Waals surface area contributed by atoms with E-state index in [0.717, 1.165) is 5.56 Å². The van der Waals surface area contributed by atoms with Crippen molar-refractivity contribution in [3.63, 3.8) is 0 Å². The number of pyridine rings is 1. The van der Waals surface area contributed by atoms with Crippen LogP contribution in [-0.2, 0) is 0 Å². The van der Waals surface area contributed by atoms with Crippen LogP contribution in [0.4, 0.5) is 5.82 Å². The van der Waals surface area contributed by atoms with E-state index in [1.54, 1.807) is 12.1 Å². The van der Waals surface area contributed by atoms with Gasteiger partial charge in [-0.25, -0.2) is 4.98 Å². The molecule has 0 amide bonds. The molecule has 0 bridgehead atoms. The number of nitriles is 1. The fourth-order valence-corrected chi connectivity index (χ4v) is 1.56. The van der Waals surface area contributed by atoms with Crippen LogP contribution in [0.3, 0.4) is 0 Å². The van der Waals surface area contributed by atoms with Crippen LogP contribution in [0.25, 0.3) is 0 Å². The molecule has 1 atom stereocenters. The first-order valence-corrected chi connectivity index (χ1v) is 5.62. The zero-order chi connectivity index (χ0) is 12.8. The average molecular weight is 239 g/mol. The summed E-state index contributed by atoms with van der Waals surface area (Å²) in [6.07, 6.45) is 0.917. The molecular formula is C14H13N3O. The maximum atomic E-state index is 9.94. The van der Waals surface area contributed by atoms with E-state index in [-0.39, 0.29) is 0 Å². The molecule has 1 unspecified atom stereocenters. The van der Waals surface area contributed by atoms with Crippen molar-refractivity contribution in [1.82, 2.24) is 4.98 Å². The van der Waals surface area contributed by atoms with Gasteiger partial charge in [-0.05, 0) is 17.7 Å². The molecular weight excluding hydrogens is 226 g/mol. The first-order valence-electron chi connectivity index (χ1n) is 5.62. The lowest BCUT2D eigenvalue weighted by molar-refractivity contribution is 0.191. The third-order valence-corrected chi connectivity index (χ3v) is 2.55. The molecule has 0 spiro atoms. The lowest BCUT2D eigenvalue weighted by Crippen LogP contribution is -2.12. The number of anilines is 1. The summed E-state index contributed by atoms with van der Waals surface area (Å²) in [6.45, 7) is 0.378. The maximum Gasteiger partial charge on any atom is 0.126 e. The molecule has 0 fully saturated rings. The minimum atomic E-state index is -0.580. The molecule has 0 saturated heterocycles. The number of rotatable bonds is 4. The minimum absolute atomic E-state index is 0.378. The van der Waals surface area contributed by atoms with Crippen LogP contribution in [0.2, 0.25) is 0 Å². The third kappa shape index (κ3) is 3.06. The Morgan fingerprint density at radius 3 is 2.61 bits per heavy atom. The molecule has 4 heteroatoms. The zero-order valence-corrected chi connectivity index (χ0v) is 9.74. The van der Waals surface area contributed by atoms with Gasteiger partial charge in [-0.2, -0.15) is 5.26 Å². The molecule has 1 aromatic carbocycles. The Balaban J connectivity index is 1.93. The van der Waals surface area contributed by atoms with Gasteiger partial charge in [-0.15, -0.1) is 0 Å². The largest absolute Gasteiger partial charge is 0.387 e. The SMILES string of the molecule is N#Cc1ccc(NCC(O)c2ccccc2)nc1. The van der Waals surface area contributed by atoms with Crippen LogP contribution < -0.4 is 5.32 Å². The van der Waals surface area contributed by atoms with Crippen LogP contribution in [0.15, 0.2) is 48.7 Å². The van der Waals surface area contributed by atoms with Gasteiger partial charge in [-0.3, -0.25) is 0 Å². The average Bonchev–Trinajstić information content (AvgIpc) is 2.46. The van der Waals surface area contributed by atoms with Crippen molar-refractivity contribution in [3.05, 3.63) is 59.8 Å². The summed E-state index contributed by atoms with van der Waals surface area (Å²) >= 11 is 0. The molecule has 0 aliphatic rings. The van der Waals surface area contributed by atoms with Gasteiger partial charge in [0.1, 0.15) is 11.9 Å². The Bertz CT molecular complexity index is 531. The van der Waals surface area contributed by atoms with Crippen LogP contribution in [0.5, 0.6) is 0 Å². The minimum Gasteiger partial charge on any atom is -0.387 e. The predicted octanol–water partition coefficient (Wildman–Crippen LogP) is 2.10. The van der Waals surface area contributed by atoms with Crippen LogP contribution in [-0.4, -0.2) is 16.6 Å². The summed E-state index contributed by atoms with van der Waals surface area (Å²) in [4.78, 5) is 4.07. The molecule has 1 heterocycles. The fraction of sp³-hybridized carbons (Fsp3) is 0.143. The molecule has 2 rings (SSSR count). The number of aliphatic hydroxyl groups excluding tert-OH is 1. The van der Waals surface area contributed by atoms with Gasteiger partial charge < -0.3 is 10.4 Å². The van der Waals surface area contributed by atoms with E-state index >= 15 is 0 Å². The molecule has 2 aromatic rings. The molecule has 4 nitrogen and oxygen atoms in total. The summed E-state index contributed by atoms with van der Waals surface area (Å²) in [5.74, 6) is 0.643.